The fraction of sp³-hybridized carbons (Fsp3) is 0.0769. The molecule has 0 aliphatic heterocycles. The molecule has 0 aliphatic carbocycles. The van der Waals surface area contributed by atoms with Crippen LogP contribution >= 0.6 is 27.3 Å². The molecule has 0 saturated carbocycles. The Morgan fingerprint density at radius 3 is 2.76 bits per heavy atom. The van der Waals surface area contributed by atoms with E-state index in [2.05, 4.69) is 21.0 Å². The van der Waals surface area contributed by atoms with E-state index in [4.69, 9.17) is 5.11 Å². The summed E-state index contributed by atoms with van der Waals surface area (Å²) in [5.41, 5.74) is 0.175. The lowest BCUT2D eigenvalue weighted by Gasteiger charge is -2.02. The van der Waals surface area contributed by atoms with Crippen molar-refractivity contribution < 1.29 is 18.7 Å². The van der Waals surface area contributed by atoms with Crippen molar-refractivity contribution in [1.29, 1.82) is 0 Å². The normalized spacial score (nSPS) is 11.4. The van der Waals surface area contributed by atoms with Crippen molar-refractivity contribution >= 4 is 43.5 Å². The zero-order chi connectivity index (χ0) is 15.1. The van der Waals surface area contributed by atoms with Gasteiger partial charge in [-0.25, -0.2) is 18.3 Å². The fourth-order valence-electron chi connectivity index (χ4n) is 1.98. The molecule has 0 bridgehead atoms. The summed E-state index contributed by atoms with van der Waals surface area (Å²) >= 11 is 4.23. The number of carbonyl (C=O) groups is 1. The van der Waals surface area contributed by atoms with Crippen LogP contribution < -0.4 is 0 Å². The highest BCUT2D eigenvalue weighted by molar-refractivity contribution is 9.10. The number of thiophene rings is 1. The highest BCUT2D eigenvalue weighted by atomic mass is 79.9. The lowest BCUT2D eigenvalue weighted by molar-refractivity contribution is 0.0702. The van der Waals surface area contributed by atoms with Gasteiger partial charge in [0.15, 0.2) is 0 Å². The lowest BCUT2D eigenvalue weighted by atomic mass is 10.3. The van der Waals surface area contributed by atoms with Crippen molar-refractivity contribution in [3.8, 4) is 5.69 Å². The molecule has 0 spiro atoms. The van der Waals surface area contributed by atoms with Gasteiger partial charge < -0.3 is 5.11 Å². The number of rotatable bonds is 3. The van der Waals surface area contributed by atoms with E-state index in [0.717, 1.165) is 15.8 Å². The number of nitrogens with zero attached hydrogens (tertiary/aromatic N) is 2. The largest absolute Gasteiger partial charge is 0.477 e. The zero-order valence-electron chi connectivity index (χ0n) is 10.3. The molecular formula is C13H7BrF2N2O2S. The summed E-state index contributed by atoms with van der Waals surface area (Å²) in [6.45, 7) is 0. The van der Waals surface area contributed by atoms with Crippen LogP contribution in [0, 0.1) is 0 Å². The Hall–Kier alpha value is -1.80. The number of carboxylic acid groups (broad SMARTS) is 1. The van der Waals surface area contributed by atoms with Crippen molar-refractivity contribution in [2.45, 2.75) is 6.43 Å². The van der Waals surface area contributed by atoms with Crippen LogP contribution in [-0.4, -0.2) is 20.9 Å². The molecule has 0 saturated heterocycles. The minimum absolute atomic E-state index is 0.00745. The van der Waals surface area contributed by atoms with Crippen LogP contribution in [0.15, 0.2) is 34.8 Å². The van der Waals surface area contributed by atoms with Gasteiger partial charge in [0.1, 0.15) is 15.4 Å². The van der Waals surface area contributed by atoms with Crippen LogP contribution in [-0.2, 0) is 0 Å². The Labute approximate surface area is 129 Å². The highest BCUT2D eigenvalue weighted by Crippen LogP contribution is 2.35. The average molecular weight is 373 g/mol. The third kappa shape index (κ3) is 2.44. The number of fused-ring (bicyclic) bond motifs is 1. The van der Waals surface area contributed by atoms with Crippen LogP contribution in [0.25, 0.3) is 15.9 Å². The topological polar surface area (TPSA) is 55.1 Å². The molecule has 0 atom stereocenters. The quantitative estimate of drug-likeness (QED) is 0.736. The van der Waals surface area contributed by atoms with Gasteiger partial charge in [-0.05, 0) is 24.3 Å². The van der Waals surface area contributed by atoms with Crippen LogP contribution in [0.5, 0.6) is 0 Å². The molecule has 0 radical (unpaired) electrons. The lowest BCUT2D eigenvalue weighted by Crippen LogP contribution is -1.97. The minimum Gasteiger partial charge on any atom is -0.477 e. The van der Waals surface area contributed by atoms with Crippen LogP contribution in [0.1, 0.15) is 21.8 Å². The maximum atomic E-state index is 13.1. The summed E-state index contributed by atoms with van der Waals surface area (Å²) in [5, 5.41) is 13.1. The van der Waals surface area contributed by atoms with Crippen molar-refractivity contribution in [2.75, 3.05) is 0 Å². The Bertz CT molecular complexity index is 844. The number of alkyl halides is 2. The number of hydrogen-bond acceptors (Lipinski definition) is 3. The van der Waals surface area contributed by atoms with E-state index >= 15 is 0 Å². The van der Waals surface area contributed by atoms with Gasteiger partial charge in [-0.15, -0.1) is 11.3 Å². The van der Waals surface area contributed by atoms with Crippen LogP contribution in [0.4, 0.5) is 8.78 Å². The second-order valence-corrected chi connectivity index (χ2v) is 6.16. The molecule has 2 heterocycles. The Balaban J connectivity index is 2.29. The number of hydrogen-bond donors (Lipinski definition) is 1. The van der Waals surface area contributed by atoms with E-state index in [9.17, 15) is 13.6 Å². The first-order valence-corrected chi connectivity index (χ1v) is 7.38. The van der Waals surface area contributed by atoms with Crippen molar-refractivity contribution in [1.82, 2.24) is 9.78 Å². The van der Waals surface area contributed by atoms with E-state index in [1.165, 1.54) is 10.7 Å². The molecule has 2 aromatic heterocycles. The summed E-state index contributed by atoms with van der Waals surface area (Å²) in [6, 6.07) is 8.23. The predicted molar refractivity (Wildman–Crippen MR) is 78.6 cm³/mol. The van der Waals surface area contributed by atoms with Crippen molar-refractivity contribution in [3.63, 3.8) is 0 Å². The first kappa shape index (κ1) is 14.2. The second-order valence-electron chi connectivity index (χ2n) is 4.21. The van der Waals surface area contributed by atoms with Gasteiger partial charge in [-0.3, -0.25) is 0 Å². The number of aromatic carboxylic acids is 1. The van der Waals surface area contributed by atoms with E-state index in [1.807, 2.05) is 0 Å². The molecule has 1 aromatic carbocycles. The van der Waals surface area contributed by atoms with Gasteiger partial charge in [-0.1, -0.05) is 22.0 Å². The van der Waals surface area contributed by atoms with Crippen molar-refractivity contribution in [2.24, 2.45) is 0 Å². The van der Waals surface area contributed by atoms with Gasteiger partial charge in [0, 0.05) is 9.86 Å². The molecule has 3 rings (SSSR count). The van der Waals surface area contributed by atoms with Gasteiger partial charge in [0.2, 0.25) is 0 Å². The molecule has 21 heavy (non-hydrogen) atoms. The predicted octanol–water partition coefficient (Wildman–Crippen LogP) is 4.49. The maximum Gasteiger partial charge on any atom is 0.345 e. The summed E-state index contributed by atoms with van der Waals surface area (Å²) in [7, 11) is 0. The Morgan fingerprint density at radius 2 is 2.14 bits per heavy atom. The monoisotopic (exact) mass is 372 g/mol. The van der Waals surface area contributed by atoms with Crippen molar-refractivity contribution in [3.05, 3.63) is 45.4 Å². The highest BCUT2D eigenvalue weighted by Gasteiger charge is 2.23. The molecule has 8 heteroatoms. The average Bonchev–Trinajstić information content (AvgIpc) is 2.96. The molecule has 0 amide bonds. The summed E-state index contributed by atoms with van der Waals surface area (Å²) in [5.74, 6) is -1.14. The maximum absolute atomic E-state index is 13.1. The van der Waals surface area contributed by atoms with Gasteiger partial charge in [0.05, 0.1) is 5.69 Å². The molecule has 0 aliphatic rings. The third-order valence-corrected chi connectivity index (χ3v) is 4.45. The van der Waals surface area contributed by atoms with Crippen LogP contribution in [0.3, 0.4) is 0 Å². The molecular weight excluding hydrogens is 366 g/mol. The van der Waals surface area contributed by atoms with Gasteiger partial charge >= 0.3 is 5.97 Å². The minimum atomic E-state index is -2.77. The Kier molecular flexibility index (Phi) is 3.50. The first-order valence-electron chi connectivity index (χ1n) is 5.77. The zero-order valence-corrected chi connectivity index (χ0v) is 12.7. The Morgan fingerprint density at radius 1 is 1.38 bits per heavy atom. The molecule has 0 fully saturated rings. The van der Waals surface area contributed by atoms with E-state index in [1.54, 1.807) is 24.3 Å². The SMILES string of the molecule is O=C(O)c1cc2c(C(F)F)nn(-c3cccc(Br)c3)c2s1. The fourth-order valence-corrected chi connectivity index (χ4v) is 3.34. The number of aromatic nitrogens is 2. The summed E-state index contributed by atoms with van der Waals surface area (Å²) < 4.78 is 28.3. The van der Waals surface area contributed by atoms with Gasteiger partial charge in [0.25, 0.3) is 6.43 Å². The van der Waals surface area contributed by atoms with E-state index in [0.29, 0.717) is 10.5 Å². The summed E-state index contributed by atoms with van der Waals surface area (Å²) in [6.07, 6.45) is -2.77. The molecule has 4 nitrogen and oxygen atoms in total. The second kappa shape index (κ2) is 5.19. The van der Waals surface area contributed by atoms with Gasteiger partial charge in [-0.2, -0.15) is 5.10 Å². The summed E-state index contributed by atoms with van der Waals surface area (Å²) in [4.78, 5) is 11.4. The third-order valence-electron chi connectivity index (χ3n) is 2.86. The molecule has 3 aromatic rings. The molecule has 0 unspecified atom stereocenters. The van der Waals surface area contributed by atoms with E-state index < -0.39 is 18.1 Å². The van der Waals surface area contributed by atoms with Crippen LogP contribution in [0.2, 0.25) is 0 Å². The molecule has 1 N–H and O–H groups in total. The number of benzene rings is 1. The first-order chi connectivity index (χ1) is 9.97. The molecule has 108 valence electrons. The smallest absolute Gasteiger partial charge is 0.345 e. The standard InChI is InChI=1S/C13H7BrF2N2O2S/c14-6-2-1-3-7(4-6)18-12-8(10(17-18)11(15)16)5-9(21-12)13(19)20/h1-5,11H,(H,19,20). The number of halogens is 3. The number of carboxylic acids is 1. The van der Waals surface area contributed by atoms with E-state index in [-0.39, 0.29) is 10.3 Å².